The highest BCUT2D eigenvalue weighted by Gasteiger charge is 2.12. The standard InChI is InChI=1S/C15H19N3O/c1-19-15-7-12-6-11(10-18-4-2-3-5-18)9-17-14(12)8-13(15)16/h6-9H,2-5,10,16H2,1H3. The van der Waals surface area contributed by atoms with Gasteiger partial charge in [0.15, 0.2) is 0 Å². The number of ether oxygens (including phenoxy) is 1. The number of nitrogens with zero attached hydrogens (tertiary/aromatic N) is 2. The number of benzene rings is 1. The summed E-state index contributed by atoms with van der Waals surface area (Å²) in [6, 6.07) is 6.02. The van der Waals surface area contributed by atoms with Gasteiger partial charge in [-0.3, -0.25) is 9.88 Å². The molecule has 0 atom stereocenters. The van der Waals surface area contributed by atoms with Crippen LogP contribution in [0.2, 0.25) is 0 Å². The third-order valence-corrected chi connectivity index (χ3v) is 3.69. The average Bonchev–Trinajstić information content (AvgIpc) is 2.91. The number of nitrogen functional groups attached to an aromatic ring is 1. The van der Waals surface area contributed by atoms with Gasteiger partial charge < -0.3 is 10.5 Å². The van der Waals surface area contributed by atoms with Gasteiger partial charge in [0.25, 0.3) is 0 Å². The molecule has 1 aromatic heterocycles. The summed E-state index contributed by atoms with van der Waals surface area (Å²) in [5, 5.41) is 1.09. The first kappa shape index (κ1) is 12.2. The molecule has 1 aromatic carbocycles. The molecule has 0 bridgehead atoms. The Balaban J connectivity index is 1.92. The van der Waals surface area contributed by atoms with Crippen LogP contribution in [0.1, 0.15) is 18.4 Å². The first-order chi connectivity index (χ1) is 9.26. The topological polar surface area (TPSA) is 51.4 Å². The van der Waals surface area contributed by atoms with Gasteiger partial charge in [-0.15, -0.1) is 0 Å². The van der Waals surface area contributed by atoms with Crippen molar-refractivity contribution >= 4 is 16.6 Å². The van der Waals surface area contributed by atoms with E-state index in [0.29, 0.717) is 11.4 Å². The highest BCUT2D eigenvalue weighted by Crippen LogP contribution is 2.27. The van der Waals surface area contributed by atoms with E-state index in [1.54, 1.807) is 7.11 Å². The van der Waals surface area contributed by atoms with Crippen LogP contribution in [-0.4, -0.2) is 30.1 Å². The molecule has 0 spiro atoms. The van der Waals surface area contributed by atoms with Crippen molar-refractivity contribution in [1.29, 1.82) is 0 Å². The fraction of sp³-hybridized carbons (Fsp3) is 0.400. The van der Waals surface area contributed by atoms with Crippen LogP contribution in [0, 0.1) is 0 Å². The second kappa shape index (κ2) is 5.05. The van der Waals surface area contributed by atoms with Crippen LogP contribution >= 0.6 is 0 Å². The van der Waals surface area contributed by atoms with Gasteiger partial charge in [0, 0.05) is 18.1 Å². The summed E-state index contributed by atoms with van der Waals surface area (Å²) in [6.07, 6.45) is 4.57. The number of anilines is 1. The van der Waals surface area contributed by atoms with Crippen molar-refractivity contribution < 1.29 is 4.74 Å². The molecule has 4 nitrogen and oxygen atoms in total. The monoisotopic (exact) mass is 257 g/mol. The van der Waals surface area contributed by atoms with Gasteiger partial charge in [0.2, 0.25) is 0 Å². The lowest BCUT2D eigenvalue weighted by atomic mass is 10.1. The highest BCUT2D eigenvalue weighted by molar-refractivity contribution is 5.85. The molecule has 100 valence electrons. The van der Waals surface area contributed by atoms with E-state index < -0.39 is 0 Å². The number of methoxy groups -OCH3 is 1. The second-order valence-electron chi connectivity index (χ2n) is 5.11. The molecular weight excluding hydrogens is 238 g/mol. The van der Waals surface area contributed by atoms with Crippen molar-refractivity contribution in [3.05, 3.63) is 30.0 Å². The van der Waals surface area contributed by atoms with Crippen LogP contribution < -0.4 is 10.5 Å². The fourth-order valence-corrected chi connectivity index (χ4v) is 2.68. The molecule has 2 heterocycles. The molecular formula is C15H19N3O. The maximum atomic E-state index is 5.89. The largest absolute Gasteiger partial charge is 0.495 e. The van der Waals surface area contributed by atoms with Gasteiger partial charge in [0.1, 0.15) is 5.75 Å². The molecule has 0 amide bonds. The van der Waals surface area contributed by atoms with Crippen molar-refractivity contribution in [1.82, 2.24) is 9.88 Å². The third kappa shape index (κ3) is 2.49. The van der Waals surface area contributed by atoms with Gasteiger partial charge >= 0.3 is 0 Å². The van der Waals surface area contributed by atoms with Crippen molar-refractivity contribution in [3.8, 4) is 5.75 Å². The zero-order chi connectivity index (χ0) is 13.2. The van der Waals surface area contributed by atoms with E-state index in [9.17, 15) is 0 Å². The quantitative estimate of drug-likeness (QED) is 0.858. The minimum Gasteiger partial charge on any atom is -0.495 e. The van der Waals surface area contributed by atoms with Crippen LogP contribution in [-0.2, 0) is 6.54 Å². The molecule has 4 heteroatoms. The molecule has 3 rings (SSSR count). The highest BCUT2D eigenvalue weighted by atomic mass is 16.5. The van der Waals surface area contributed by atoms with Crippen LogP contribution in [0.4, 0.5) is 5.69 Å². The molecule has 0 aliphatic carbocycles. The molecule has 1 saturated heterocycles. The SMILES string of the molecule is COc1cc2cc(CN3CCCC3)cnc2cc1N. The van der Waals surface area contributed by atoms with E-state index in [-0.39, 0.29) is 0 Å². The number of likely N-dealkylation sites (tertiary alicyclic amines) is 1. The van der Waals surface area contributed by atoms with Crippen molar-refractivity contribution in [2.75, 3.05) is 25.9 Å². The van der Waals surface area contributed by atoms with E-state index in [2.05, 4.69) is 16.0 Å². The number of hydrogen-bond donors (Lipinski definition) is 1. The predicted molar refractivity (Wildman–Crippen MR) is 77.2 cm³/mol. The minimum atomic E-state index is 0.634. The van der Waals surface area contributed by atoms with Crippen LogP contribution in [0.3, 0.4) is 0 Å². The van der Waals surface area contributed by atoms with E-state index >= 15 is 0 Å². The lowest BCUT2D eigenvalue weighted by Crippen LogP contribution is -2.18. The summed E-state index contributed by atoms with van der Waals surface area (Å²) < 4.78 is 5.26. The predicted octanol–water partition coefficient (Wildman–Crippen LogP) is 2.42. The van der Waals surface area contributed by atoms with Crippen molar-refractivity contribution in [2.24, 2.45) is 0 Å². The summed E-state index contributed by atoms with van der Waals surface area (Å²) in [7, 11) is 1.64. The Labute approximate surface area is 113 Å². The van der Waals surface area contributed by atoms with E-state index in [1.165, 1.54) is 31.5 Å². The van der Waals surface area contributed by atoms with Gasteiger partial charge in [0.05, 0.1) is 18.3 Å². The molecule has 19 heavy (non-hydrogen) atoms. The molecule has 1 aliphatic heterocycles. The van der Waals surface area contributed by atoms with E-state index in [4.69, 9.17) is 10.5 Å². The molecule has 0 saturated carbocycles. The lowest BCUT2D eigenvalue weighted by Gasteiger charge is -2.14. The Bertz CT molecular complexity index is 591. The third-order valence-electron chi connectivity index (χ3n) is 3.69. The van der Waals surface area contributed by atoms with Crippen molar-refractivity contribution in [2.45, 2.75) is 19.4 Å². The smallest absolute Gasteiger partial charge is 0.142 e. The molecule has 1 fully saturated rings. The Morgan fingerprint density at radius 3 is 2.79 bits per heavy atom. The number of aromatic nitrogens is 1. The minimum absolute atomic E-state index is 0.634. The molecule has 0 radical (unpaired) electrons. The normalized spacial score (nSPS) is 16.1. The van der Waals surface area contributed by atoms with Crippen LogP contribution in [0.15, 0.2) is 24.4 Å². The molecule has 0 unspecified atom stereocenters. The lowest BCUT2D eigenvalue weighted by molar-refractivity contribution is 0.331. The van der Waals surface area contributed by atoms with Crippen LogP contribution in [0.25, 0.3) is 10.9 Å². The number of fused-ring (bicyclic) bond motifs is 1. The van der Waals surface area contributed by atoms with Gasteiger partial charge in [-0.2, -0.15) is 0 Å². The fourth-order valence-electron chi connectivity index (χ4n) is 2.68. The van der Waals surface area contributed by atoms with E-state index in [1.807, 2.05) is 18.3 Å². The number of pyridine rings is 1. The zero-order valence-electron chi connectivity index (χ0n) is 11.2. The maximum absolute atomic E-state index is 5.89. The Morgan fingerprint density at radius 1 is 1.26 bits per heavy atom. The summed E-state index contributed by atoms with van der Waals surface area (Å²) in [6.45, 7) is 3.38. The first-order valence-corrected chi connectivity index (χ1v) is 6.71. The molecule has 1 aliphatic rings. The van der Waals surface area contributed by atoms with Crippen LogP contribution in [0.5, 0.6) is 5.75 Å². The maximum Gasteiger partial charge on any atom is 0.142 e. The Hall–Kier alpha value is -1.81. The number of hydrogen-bond acceptors (Lipinski definition) is 4. The molecule has 2 N–H and O–H groups in total. The molecule has 2 aromatic rings. The summed E-state index contributed by atoms with van der Waals surface area (Å²) >= 11 is 0. The second-order valence-corrected chi connectivity index (χ2v) is 5.11. The summed E-state index contributed by atoms with van der Waals surface area (Å²) in [5.41, 5.74) is 8.70. The zero-order valence-corrected chi connectivity index (χ0v) is 11.2. The average molecular weight is 257 g/mol. The first-order valence-electron chi connectivity index (χ1n) is 6.71. The Morgan fingerprint density at radius 2 is 2.05 bits per heavy atom. The summed E-state index contributed by atoms with van der Waals surface area (Å²) in [4.78, 5) is 6.97. The Kier molecular flexibility index (Phi) is 3.25. The van der Waals surface area contributed by atoms with Gasteiger partial charge in [-0.05, 0) is 49.7 Å². The van der Waals surface area contributed by atoms with E-state index in [0.717, 1.165) is 17.4 Å². The summed E-state index contributed by atoms with van der Waals surface area (Å²) in [5.74, 6) is 0.715. The van der Waals surface area contributed by atoms with Crippen molar-refractivity contribution in [3.63, 3.8) is 0 Å². The number of nitrogens with two attached hydrogens (primary N) is 1. The van der Waals surface area contributed by atoms with Gasteiger partial charge in [-0.1, -0.05) is 0 Å². The number of rotatable bonds is 3. The van der Waals surface area contributed by atoms with Gasteiger partial charge in [-0.25, -0.2) is 0 Å².